The first kappa shape index (κ1) is 16.9. The maximum absolute atomic E-state index is 13.1. The summed E-state index contributed by atoms with van der Waals surface area (Å²) < 4.78 is 20.4. The smallest absolute Gasteiger partial charge is 0.230 e. The zero-order chi connectivity index (χ0) is 16.9. The summed E-state index contributed by atoms with van der Waals surface area (Å²) in [6.45, 7) is 3.14. The second-order valence-electron chi connectivity index (χ2n) is 5.57. The van der Waals surface area contributed by atoms with Crippen LogP contribution in [0, 0.1) is 12.7 Å². The average Bonchev–Trinajstić information content (AvgIpc) is 3.22. The van der Waals surface area contributed by atoms with Crippen LogP contribution in [-0.4, -0.2) is 45.7 Å². The van der Waals surface area contributed by atoms with Gasteiger partial charge >= 0.3 is 0 Å². The normalized spacial score (nSPS) is 17.2. The van der Waals surface area contributed by atoms with Crippen LogP contribution in [0.15, 0.2) is 29.4 Å². The van der Waals surface area contributed by atoms with Crippen molar-refractivity contribution in [3.8, 4) is 5.69 Å². The van der Waals surface area contributed by atoms with Gasteiger partial charge in [-0.3, -0.25) is 9.36 Å². The van der Waals surface area contributed by atoms with Gasteiger partial charge in [0.1, 0.15) is 11.6 Å². The molecular weight excluding hydrogens is 331 g/mol. The van der Waals surface area contributed by atoms with E-state index in [9.17, 15) is 9.18 Å². The molecule has 0 bridgehead atoms. The van der Waals surface area contributed by atoms with E-state index < -0.39 is 0 Å². The van der Waals surface area contributed by atoms with Crippen molar-refractivity contribution >= 4 is 17.7 Å². The van der Waals surface area contributed by atoms with Gasteiger partial charge in [-0.05, 0) is 44.0 Å². The molecule has 1 aliphatic rings. The number of amides is 1. The number of nitrogens with one attached hydrogen (secondary N) is 1. The first-order chi connectivity index (χ1) is 11.6. The van der Waals surface area contributed by atoms with E-state index in [1.54, 1.807) is 16.7 Å². The van der Waals surface area contributed by atoms with E-state index in [4.69, 9.17) is 4.74 Å². The molecule has 0 unspecified atom stereocenters. The minimum absolute atomic E-state index is 0.0678. The standard InChI is InChI=1S/C16H19FN4O2S/c1-11-19-20-16(21(11)13-6-4-12(17)5-7-13)24-10-15(22)18-9-14-3-2-8-23-14/h4-7,14H,2-3,8-10H2,1H3,(H,18,22)/t14-/m0/s1. The summed E-state index contributed by atoms with van der Waals surface area (Å²) in [6.07, 6.45) is 2.17. The number of aryl methyl sites for hydroxylation is 1. The molecule has 3 rings (SSSR count). The van der Waals surface area contributed by atoms with Crippen molar-refractivity contribution < 1.29 is 13.9 Å². The van der Waals surface area contributed by atoms with Crippen LogP contribution in [0.3, 0.4) is 0 Å². The quantitative estimate of drug-likeness (QED) is 0.808. The van der Waals surface area contributed by atoms with E-state index in [1.807, 2.05) is 6.92 Å². The molecule has 0 aliphatic carbocycles. The molecule has 1 N–H and O–H groups in total. The lowest BCUT2D eigenvalue weighted by Gasteiger charge is -2.11. The third-order valence-corrected chi connectivity index (χ3v) is 4.69. The second-order valence-corrected chi connectivity index (χ2v) is 6.51. The number of hydrogen-bond acceptors (Lipinski definition) is 5. The highest BCUT2D eigenvalue weighted by atomic mass is 32.2. The van der Waals surface area contributed by atoms with Crippen molar-refractivity contribution in [1.29, 1.82) is 0 Å². The maximum Gasteiger partial charge on any atom is 0.230 e. The van der Waals surface area contributed by atoms with E-state index in [2.05, 4.69) is 15.5 Å². The molecule has 6 nitrogen and oxygen atoms in total. The van der Waals surface area contributed by atoms with Crippen molar-refractivity contribution in [3.63, 3.8) is 0 Å². The Balaban J connectivity index is 1.59. The fourth-order valence-electron chi connectivity index (χ4n) is 2.54. The number of halogens is 1. The highest BCUT2D eigenvalue weighted by Gasteiger charge is 2.17. The van der Waals surface area contributed by atoms with Gasteiger partial charge in [-0.25, -0.2) is 4.39 Å². The number of aromatic nitrogens is 3. The molecule has 1 aliphatic heterocycles. The molecule has 0 radical (unpaired) electrons. The summed E-state index contributed by atoms with van der Waals surface area (Å²) in [4.78, 5) is 12.0. The monoisotopic (exact) mass is 350 g/mol. The Labute approximate surface area is 143 Å². The van der Waals surface area contributed by atoms with Crippen LogP contribution < -0.4 is 5.32 Å². The number of hydrogen-bond donors (Lipinski definition) is 1. The molecule has 8 heteroatoms. The number of rotatable bonds is 6. The number of carbonyl (C=O) groups excluding carboxylic acids is 1. The first-order valence-electron chi connectivity index (χ1n) is 7.82. The van der Waals surface area contributed by atoms with Gasteiger partial charge in [0.05, 0.1) is 11.9 Å². The lowest BCUT2D eigenvalue weighted by molar-refractivity contribution is -0.119. The minimum Gasteiger partial charge on any atom is -0.376 e. The number of nitrogens with zero attached hydrogens (tertiary/aromatic N) is 3. The molecule has 1 amide bonds. The van der Waals surface area contributed by atoms with E-state index in [1.165, 1.54) is 23.9 Å². The Bertz CT molecular complexity index is 699. The van der Waals surface area contributed by atoms with Crippen LogP contribution in [-0.2, 0) is 9.53 Å². The molecule has 1 fully saturated rings. The Morgan fingerprint density at radius 2 is 2.21 bits per heavy atom. The summed E-state index contributed by atoms with van der Waals surface area (Å²) in [5.74, 6) is 0.560. The predicted octanol–water partition coefficient (Wildman–Crippen LogP) is 2.10. The summed E-state index contributed by atoms with van der Waals surface area (Å²) in [6, 6.07) is 6.09. The van der Waals surface area contributed by atoms with Gasteiger partial charge < -0.3 is 10.1 Å². The summed E-state index contributed by atoms with van der Waals surface area (Å²) >= 11 is 1.30. The maximum atomic E-state index is 13.1. The minimum atomic E-state index is -0.299. The number of ether oxygens (including phenoxy) is 1. The largest absolute Gasteiger partial charge is 0.376 e. The number of carbonyl (C=O) groups is 1. The van der Waals surface area contributed by atoms with Crippen molar-refractivity contribution in [1.82, 2.24) is 20.1 Å². The Kier molecular flexibility index (Phi) is 5.47. The van der Waals surface area contributed by atoms with Crippen molar-refractivity contribution in [2.24, 2.45) is 0 Å². The Morgan fingerprint density at radius 3 is 2.92 bits per heavy atom. The lowest BCUT2D eigenvalue weighted by atomic mass is 10.2. The summed E-state index contributed by atoms with van der Waals surface area (Å²) in [7, 11) is 0. The fourth-order valence-corrected chi connectivity index (χ4v) is 3.37. The summed E-state index contributed by atoms with van der Waals surface area (Å²) in [5.41, 5.74) is 0.765. The van der Waals surface area contributed by atoms with Crippen LogP contribution in [0.2, 0.25) is 0 Å². The average molecular weight is 350 g/mol. The first-order valence-corrected chi connectivity index (χ1v) is 8.81. The number of thioether (sulfide) groups is 1. The molecule has 1 aromatic heterocycles. The Morgan fingerprint density at radius 1 is 1.42 bits per heavy atom. The van der Waals surface area contributed by atoms with Crippen LogP contribution in [0.5, 0.6) is 0 Å². The third-order valence-electron chi connectivity index (χ3n) is 3.76. The summed E-state index contributed by atoms with van der Waals surface area (Å²) in [5, 5.41) is 11.6. The highest BCUT2D eigenvalue weighted by Crippen LogP contribution is 2.22. The SMILES string of the molecule is Cc1nnc(SCC(=O)NC[C@@H]2CCCO2)n1-c1ccc(F)cc1. The number of benzene rings is 1. The molecule has 1 aromatic carbocycles. The molecule has 0 spiro atoms. The molecule has 128 valence electrons. The molecular formula is C16H19FN4O2S. The van der Waals surface area contributed by atoms with Gasteiger partial charge in [0.15, 0.2) is 5.16 Å². The molecule has 2 aromatic rings. The van der Waals surface area contributed by atoms with Gasteiger partial charge in [-0.2, -0.15) is 0 Å². The fraction of sp³-hybridized carbons (Fsp3) is 0.438. The second kappa shape index (κ2) is 7.76. The molecule has 24 heavy (non-hydrogen) atoms. The van der Waals surface area contributed by atoms with E-state index in [-0.39, 0.29) is 23.6 Å². The molecule has 2 heterocycles. The van der Waals surface area contributed by atoms with Crippen LogP contribution in [0.1, 0.15) is 18.7 Å². The zero-order valence-electron chi connectivity index (χ0n) is 13.4. The zero-order valence-corrected chi connectivity index (χ0v) is 14.2. The van der Waals surface area contributed by atoms with E-state index in [0.717, 1.165) is 25.1 Å². The van der Waals surface area contributed by atoms with Gasteiger partial charge in [0, 0.05) is 18.8 Å². The van der Waals surface area contributed by atoms with Crippen molar-refractivity contribution in [3.05, 3.63) is 35.9 Å². The predicted molar refractivity (Wildman–Crippen MR) is 88.8 cm³/mol. The van der Waals surface area contributed by atoms with Crippen LogP contribution >= 0.6 is 11.8 Å². The Hall–Kier alpha value is -1.93. The van der Waals surface area contributed by atoms with E-state index in [0.29, 0.717) is 17.5 Å². The molecule has 0 saturated carbocycles. The third kappa shape index (κ3) is 4.12. The van der Waals surface area contributed by atoms with Crippen LogP contribution in [0.25, 0.3) is 5.69 Å². The highest BCUT2D eigenvalue weighted by molar-refractivity contribution is 7.99. The molecule has 1 atom stereocenters. The molecule has 1 saturated heterocycles. The van der Waals surface area contributed by atoms with Gasteiger partial charge in [0.25, 0.3) is 0 Å². The van der Waals surface area contributed by atoms with E-state index >= 15 is 0 Å². The van der Waals surface area contributed by atoms with Crippen molar-refractivity contribution in [2.75, 3.05) is 18.9 Å². The van der Waals surface area contributed by atoms with Gasteiger partial charge in [0.2, 0.25) is 5.91 Å². The van der Waals surface area contributed by atoms with Gasteiger partial charge in [-0.1, -0.05) is 11.8 Å². The van der Waals surface area contributed by atoms with Gasteiger partial charge in [-0.15, -0.1) is 10.2 Å². The topological polar surface area (TPSA) is 69.0 Å². The lowest BCUT2D eigenvalue weighted by Crippen LogP contribution is -2.32. The van der Waals surface area contributed by atoms with Crippen molar-refractivity contribution in [2.45, 2.75) is 31.0 Å². The van der Waals surface area contributed by atoms with Crippen LogP contribution in [0.4, 0.5) is 4.39 Å².